The molecule has 1 N–H and O–H groups in total. The number of carbonyl (C=O) groups is 1. The highest BCUT2D eigenvalue weighted by Crippen LogP contribution is 2.21. The number of hydrogen-bond acceptors (Lipinski definition) is 5. The van der Waals surface area contributed by atoms with Gasteiger partial charge in [-0.15, -0.1) is 0 Å². The molecule has 0 saturated carbocycles. The normalized spacial score (nSPS) is 12.2. The van der Waals surface area contributed by atoms with Crippen molar-refractivity contribution in [3.63, 3.8) is 0 Å². The minimum atomic E-state index is -3.60. The number of sulfonamides is 1. The highest BCUT2D eigenvalue weighted by Gasteiger charge is 2.23. The minimum Gasteiger partial charge on any atom is -0.309 e. The molecule has 9 heteroatoms. The maximum atomic E-state index is 13.0. The van der Waals surface area contributed by atoms with Crippen LogP contribution in [0.1, 0.15) is 38.1 Å². The van der Waals surface area contributed by atoms with Crippen molar-refractivity contribution in [2.45, 2.75) is 45.2 Å². The van der Waals surface area contributed by atoms with E-state index in [4.69, 9.17) is 0 Å². The number of hydrogen-bond donors (Lipinski definition) is 1. The quantitative estimate of drug-likeness (QED) is 0.488. The lowest BCUT2D eigenvalue weighted by molar-refractivity contribution is 0.102. The number of carbonyl (C=O) groups excluding carboxylic acids is 1. The smallest absolute Gasteiger partial charge is 0.257 e. The molecule has 8 nitrogen and oxygen atoms in total. The second-order valence-electron chi connectivity index (χ2n) is 8.20. The third-order valence-corrected chi connectivity index (χ3v) is 7.98. The summed E-state index contributed by atoms with van der Waals surface area (Å²) in [7, 11) is -2.06. The zero-order valence-corrected chi connectivity index (χ0v) is 20.8. The van der Waals surface area contributed by atoms with Crippen molar-refractivity contribution in [2.24, 2.45) is 0 Å². The third-order valence-electron chi connectivity index (χ3n) is 5.93. The molecular formula is C24H33N5O3S. The topological polar surface area (TPSA) is 87.5 Å². The summed E-state index contributed by atoms with van der Waals surface area (Å²) in [4.78, 5) is 20.0. The van der Waals surface area contributed by atoms with Gasteiger partial charge in [0.25, 0.3) is 5.91 Å². The molecule has 3 rings (SSSR count). The van der Waals surface area contributed by atoms with Gasteiger partial charge in [-0.1, -0.05) is 26.0 Å². The Morgan fingerprint density at radius 1 is 1.06 bits per heavy atom. The molecule has 0 bridgehead atoms. The molecule has 1 aromatic heterocycles. The molecule has 0 aliphatic rings. The fourth-order valence-electron chi connectivity index (χ4n) is 3.57. The van der Waals surface area contributed by atoms with Gasteiger partial charge in [0.15, 0.2) is 0 Å². The number of fused-ring (bicyclic) bond motifs is 1. The van der Waals surface area contributed by atoms with E-state index >= 15 is 0 Å². The molecule has 3 aromatic rings. The van der Waals surface area contributed by atoms with Crippen molar-refractivity contribution < 1.29 is 13.2 Å². The molecule has 0 fully saturated rings. The van der Waals surface area contributed by atoms with Crippen LogP contribution in [0.5, 0.6) is 0 Å². The van der Waals surface area contributed by atoms with Crippen molar-refractivity contribution >= 4 is 32.9 Å². The second-order valence-corrected chi connectivity index (χ2v) is 10.2. The largest absolute Gasteiger partial charge is 0.309 e. The molecule has 33 heavy (non-hydrogen) atoms. The number of anilines is 1. The number of para-hydroxylation sites is 2. The SMILES string of the molecule is CCN(CC)CCn1c(NC(=O)c2ccc(S(=O)(=O)N(C)C(C)C)cc2)nc2ccccc21. The first-order valence-electron chi connectivity index (χ1n) is 11.3. The molecule has 0 aliphatic heterocycles. The molecule has 2 aromatic carbocycles. The summed E-state index contributed by atoms with van der Waals surface area (Å²) < 4.78 is 28.7. The fraction of sp³-hybridized carbons (Fsp3) is 0.417. The first kappa shape index (κ1) is 24.9. The number of aromatic nitrogens is 2. The molecule has 0 spiro atoms. The third kappa shape index (κ3) is 5.43. The summed E-state index contributed by atoms with van der Waals surface area (Å²) >= 11 is 0. The molecule has 178 valence electrons. The molecule has 0 saturated heterocycles. The number of nitrogens with zero attached hydrogens (tertiary/aromatic N) is 4. The average molecular weight is 472 g/mol. The van der Waals surface area contributed by atoms with E-state index in [9.17, 15) is 13.2 Å². The Morgan fingerprint density at radius 3 is 2.30 bits per heavy atom. The zero-order chi connectivity index (χ0) is 24.2. The van der Waals surface area contributed by atoms with E-state index in [1.165, 1.54) is 28.6 Å². The zero-order valence-electron chi connectivity index (χ0n) is 19.9. The van der Waals surface area contributed by atoms with Gasteiger partial charge in [0, 0.05) is 31.7 Å². The van der Waals surface area contributed by atoms with Gasteiger partial charge < -0.3 is 9.47 Å². The Balaban J connectivity index is 1.84. The van der Waals surface area contributed by atoms with Crippen LogP contribution in [0.15, 0.2) is 53.4 Å². The van der Waals surface area contributed by atoms with Crippen LogP contribution in [-0.2, 0) is 16.6 Å². The predicted molar refractivity (Wildman–Crippen MR) is 132 cm³/mol. The maximum absolute atomic E-state index is 13.0. The molecular weight excluding hydrogens is 438 g/mol. The van der Waals surface area contributed by atoms with E-state index in [-0.39, 0.29) is 16.8 Å². The average Bonchev–Trinajstić information content (AvgIpc) is 3.16. The van der Waals surface area contributed by atoms with Crippen LogP contribution < -0.4 is 5.32 Å². The van der Waals surface area contributed by atoms with Crippen LogP contribution >= 0.6 is 0 Å². The minimum absolute atomic E-state index is 0.154. The summed E-state index contributed by atoms with van der Waals surface area (Å²) in [5.41, 5.74) is 2.13. The van der Waals surface area contributed by atoms with Gasteiger partial charge in [0.2, 0.25) is 16.0 Å². The van der Waals surface area contributed by atoms with Crippen LogP contribution in [0.3, 0.4) is 0 Å². The van der Waals surface area contributed by atoms with E-state index in [0.717, 1.165) is 30.7 Å². The van der Waals surface area contributed by atoms with Crippen molar-refractivity contribution in [3.8, 4) is 0 Å². The summed E-state index contributed by atoms with van der Waals surface area (Å²) in [6.45, 7) is 11.3. The maximum Gasteiger partial charge on any atom is 0.257 e. The van der Waals surface area contributed by atoms with Gasteiger partial charge >= 0.3 is 0 Å². The van der Waals surface area contributed by atoms with Crippen LogP contribution in [0.2, 0.25) is 0 Å². The number of imidazole rings is 1. The Labute approximate surface area is 196 Å². The summed E-state index contributed by atoms with van der Waals surface area (Å²) in [5, 5.41) is 2.91. The van der Waals surface area contributed by atoms with Crippen LogP contribution in [0, 0.1) is 0 Å². The van der Waals surface area contributed by atoms with Gasteiger partial charge in [0.1, 0.15) is 0 Å². The van der Waals surface area contributed by atoms with Crippen LogP contribution in [0.4, 0.5) is 5.95 Å². The number of benzene rings is 2. The number of amides is 1. The second kappa shape index (κ2) is 10.5. The summed E-state index contributed by atoms with van der Waals surface area (Å²) in [5.74, 6) is 0.139. The van der Waals surface area contributed by atoms with Gasteiger partial charge in [-0.05, 0) is 63.3 Å². The first-order chi connectivity index (χ1) is 15.7. The standard InChI is InChI=1S/C24H33N5O3S/c1-6-28(7-2)16-17-29-22-11-9-8-10-21(22)25-24(29)26-23(30)19-12-14-20(15-13-19)33(31,32)27(5)18(3)4/h8-15,18H,6-7,16-17H2,1-5H3,(H,25,26,30). The molecule has 1 amide bonds. The van der Waals surface area contributed by atoms with Gasteiger partial charge in [-0.2, -0.15) is 4.31 Å². The number of nitrogens with one attached hydrogen (secondary N) is 1. The van der Waals surface area contributed by atoms with Crippen molar-refractivity contribution in [2.75, 3.05) is 32.0 Å². The van der Waals surface area contributed by atoms with Crippen LogP contribution in [-0.4, -0.2) is 65.8 Å². The molecule has 0 aliphatic carbocycles. The Bertz CT molecular complexity index is 1200. The van der Waals surface area contributed by atoms with Gasteiger partial charge in [-0.25, -0.2) is 13.4 Å². The lowest BCUT2D eigenvalue weighted by Gasteiger charge is -2.21. The summed E-state index contributed by atoms with van der Waals surface area (Å²) in [6, 6.07) is 13.6. The Kier molecular flexibility index (Phi) is 7.88. The lowest BCUT2D eigenvalue weighted by Crippen LogP contribution is -2.33. The number of likely N-dealkylation sites (N-methyl/N-ethyl adjacent to an activating group) is 1. The van der Waals surface area contributed by atoms with E-state index < -0.39 is 10.0 Å². The van der Waals surface area contributed by atoms with E-state index in [1.807, 2.05) is 42.7 Å². The molecule has 0 radical (unpaired) electrons. The first-order valence-corrected chi connectivity index (χ1v) is 12.7. The van der Waals surface area contributed by atoms with E-state index in [2.05, 4.69) is 29.0 Å². The van der Waals surface area contributed by atoms with Crippen molar-refractivity contribution in [3.05, 3.63) is 54.1 Å². The monoisotopic (exact) mass is 471 g/mol. The lowest BCUT2D eigenvalue weighted by atomic mass is 10.2. The molecule has 1 heterocycles. The Morgan fingerprint density at radius 2 is 1.70 bits per heavy atom. The number of rotatable bonds is 10. The van der Waals surface area contributed by atoms with Gasteiger partial charge in [0.05, 0.1) is 15.9 Å². The fourth-order valence-corrected chi connectivity index (χ4v) is 4.94. The highest BCUT2D eigenvalue weighted by molar-refractivity contribution is 7.89. The van der Waals surface area contributed by atoms with Gasteiger partial charge in [-0.3, -0.25) is 10.1 Å². The van der Waals surface area contributed by atoms with E-state index in [1.54, 1.807) is 7.05 Å². The summed E-state index contributed by atoms with van der Waals surface area (Å²) in [6.07, 6.45) is 0. The highest BCUT2D eigenvalue weighted by atomic mass is 32.2. The van der Waals surface area contributed by atoms with Crippen LogP contribution in [0.25, 0.3) is 11.0 Å². The Hall–Kier alpha value is -2.75. The van der Waals surface area contributed by atoms with Crippen molar-refractivity contribution in [1.29, 1.82) is 0 Å². The van der Waals surface area contributed by atoms with Crippen molar-refractivity contribution in [1.82, 2.24) is 18.8 Å². The van der Waals surface area contributed by atoms with E-state index in [0.29, 0.717) is 18.1 Å². The predicted octanol–water partition coefficient (Wildman–Crippen LogP) is 3.66. The molecule has 0 unspecified atom stereocenters. The molecule has 0 atom stereocenters.